The van der Waals surface area contributed by atoms with Crippen molar-refractivity contribution >= 4 is 16.4 Å². The minimum absolute atomic E-state index is 0.0471. The number of halogens is 2. The minimum Gasteiger partial charge on any atom is -0.435 e. The molecule has 148 valence electrons. The van der Waals surface area contributed by atoms with Gasteiger partial charge in [0, 0.05) is 11.3 Å². The summed E-state index contributed by atoms with van der Waals surface area (Å²) in [7, 11) is -1.34. The van der Waals surface area contributed by atoms with Crippen molar-refractivity contribution in [3.63, 3.8) is 0 Å². The van der Waals surface area contributed by atoms with Crippen molar-refractivity contribution in [3.05, 3.63) is 72.6 Å². The molecule has 0 aliphatic heterocycles. The van der Waals surface area contributed by atoms with E-state index in [0.29, 0.717) is 34.2 Å². The van der Waals surface area contributed by atoms with Crippen molar-refractivity contribution in [1.29, 1.82) is 0 Å². The van der Waals surface area contributed by atoms with Gasteiger partial charge in [-0.3, -0.25) is 13.6 Å². The topological polar surface area (TPSA) is 69.4 Å². The van der Waals surface area contributed by atoms with Crippen molar-refractivity contribution in [3.8, 4) is 17.1 Å². The largest absolute Gasteiger partial charge is 0.435 e. The fourth-order valence-electron chi connectivity index (χ4n) is 2.92. The Hall–Kier alpha value is -3.20. The highest BCUT2D eigenvalue weighted by molar-refractivity contribution is 7.85. The van der Waals surface area contributed by atoms with E-state index in [1.807, 2.05) is 30.3 Å². The van der Waals surface area contributed by atoms with Crippen LogP contribution in [0.4, 0.5) is 8.78 Å². The van der Waals surface area contributed by atoms with Crippen molar-refractivity contribution in [2.45, 2.75) is 18.1 Å². The molecule has 4 rings (SSSR count). The third-order valence-electron chi connectivity index (χ3n) is 4.27. The van der Waals surface area contributed by atoms with Crippen LogP contribution in [0, 0.1) is 0 Å². The van der Waals surface area contributed by atoms with Crippen LogP contribution < -0.4 is 4.74 Å². The van der Waals surface area contributed by atoms with Crippen molar-refractivity contribution in [2.75, 3.05) is 5.75 Å². The Balaban J connectivity index is 1.64. The molecule has 0 aliphatic carbocycles. The van der Waals surface area contributed by atoms with E-state index in [9.17, 15) is 13.0 Å². The molecule has 6 nitrogen and oxygen atoms in total. The number of hydrogen-bond acceptors (Lipinski definition) is 5. The lowest BCUT2D eigenvalue weighted by molar-refractivity contribution is -0.0498. The van der Waals surface area contributed by atoms with Crippen LogP contribution in [0.25, 0.3) is 17.0 Å². The summed E-state index contributed by atoms with van der Waals surface area (Å²) in [4.78, 5) is 4.12. The molecule has 2 aromatic heterocycles. The molecule has 9 heteroatoms. The number of ether oxygens (including phenoxy) is 1. The van der Waals surface area contributed by atoms with Crippen LogP contribution in [0.2, 0.25) is 0 Å². The van der Waals surface area contributed by atoms with Crippen molar-refractivity contribution in [1.82, 2.24) is 19.6 Å². The number of alkyl halides is 2. The summed E-state index contributed by atoms with van der Waals surface area (Å²) >= 11 is 0. The number of rotatable bonds is 7. The molecule has 0 aliphatic rings. The summed E-state index contributed by atoms with van der Waals surface area (Å²) in [5, 5.41) is 8.74. The second-order valence-electron chi connectivity index (χ2n) is 6.15. The molecule has 0 saturated carbocycles. The van der Waals surface area contributed by atoms with Gasteiger partial charge in [-0.05, 0) is 36.2 Å². The predicted molar refractivity (Wildman–Crippen MR) is 104 cm³/mol. The number of hydrogen-bond donors (Lipinski definition) is 0. The summed E-state index contributed by atoms with van der Waals surface area (Å²) < 4.78 is 43.7. The zero-order valence-corrected chi connectivity index (χ0v) is 15.9. The standard InChI is InChI=1S/C20H16F2N4O2S/c21-20(22)28-16-8-6-15(7-9-16)19-25-24-17-12-23-13-18(26(17)19)29(27)11-10-14-4-2-1-3-5-14/h1-9,12-13,20H,10-11H2. The summed E-state index contributed by atoms with van der Waals surface area (Å²) in [5.74, 6) is 0.920. The smallest absolute Gasteiger partial charge is 0.387 e. The van der Waals surface area contributed by atoms with E-state index >= 15 is 0 Å². The quantitative estimate of drug-likeness (QED) is 0.461. The van der Waals surface area contributed by atoms with Gasteiger partial charge < -0.3 is 4.74 Å². The summed E-state index contributed by atoms with van der Waals surface area (Å²) in [6, 6.07) is 15.9. The molecule has 0 bridgehead atoms. The van der Waals surface area contributed by atoms with E-state index in [2.05, 4.69) is 19.9 Å². The molecular weight excluding hydrogens is 398 g/mol. The molecule has 1 unspecified atom stereocenters. The minimum atomic E-state index is -2.89. The molecule has 2 heterocycles. The molecule has 0 saturated heterocycles. The highest BCUT2D eigenvalue weighted by Crippen LogP contribution is 2.24. The first-order valence-electron chi connectivity index (χ1n) is 8.78. The molecule has 4 aromatic rings. The van der Waals surface area contributed by atoms with Gasteiger partial charge in [-0.25, -0.2) is 0 Å². The Morgan fingerprint density at radius 1 is 1.00 bits per heavy atom. The zero-order valence-electron chi connectivity index (χ0n) is 15.1. The molecule has 2 aromatic carbocycles. The Morgan fingerprint density at radius 3 is 2.48 bits per heavy atom. The second-order valence-corrected chi connectivity index (χ2v) is 7.67. The van der Waals surface area contributed by atoms with Gasteiger partial charge in [0.25, 0.3) is 0 Å². The van der Waals surface area contributed by atoms with Gasteiger partial charge in [-0.2, -0.15) is 8.78 Å². The number of benzene rings is 2. The lowest BCUT2D eigenvalue weighted by Gasteiger charge is -2.08. The van der Waals surface area contributed by atoms with E-state index in [4.69, 9.17) is 0 Å². The fourth-order valence-corrected chi connectivity index (χ4v) is 4.11. The Morgan fingerprint density at radius 2 is 1.76 bits per heavy atom. The second kappa shape index (κ2) is 8.44. The van der Waals surface area contributed by atoms with Crippen LogP contribution in [-0.4, -0.2) is 36.2 Å². The number of aryl methyl sites for hydroxylation is 1. The average molecular weight is 414 g/mol. The van der Waals surface area contributed by atoms with Crippen LogP contribution in [-0.2, 0) is 17.2 Å². The zero-order chi connectivity index (χ0) is 20.2. The first-order valence-corrected chi connectivity index (χ1v) is 10.1. The third kappa shape index (κ3) is 4.29. The van der Waals surface area contributed by atoms with Crippen molar-refractivity contribution < 1.29 is 17.7 Å². The molecule has 1 atom stereocenters. The molecule has 0 amide bonds. The van der Waals surface area contributed by atoms with Gasteiger partial charge in [0.05, 0.1) is 23.2 Å². The first-order chi connectivity index (χ1) is 14.1. The monoisotopic (exact) mass is 414 g/mol. The predicted octanol–water partition coefficient (Wildman–Crippen LogP) is 3.74. The lowest BCUT2D eigenvalue weighted by atomic mass is 10.2. The van der Waals surface area contributed by atoms with Crippen LogP contribution in [0.3, 0.4) is 0 Å². The molecule has 29 heavy (non-hydrogen) atoms. The molecule has 0 N–H and O–H groups in total. The Labute approximate surface area is 167 Å². The fraction of sp³-hybridized carbons (Fsp3) is 0.150. The SMILES string of the molecule is O=S(CCc1ccccc1)c1cncc2nnc(-c3ccc(OC(F)F)cc3)n12. The van der Waals surface area contributed by atoms with Gasteiger partial charge >= 0.3 is 6.61 Å². The van der Waals surface area contributed by atoms with Gasteiger partial charge in [0.2, 0.25) is 0 Å². The number of aromatic nitrogens is 4. The van der Waals surface area contributed by atoms with E-state index in [-0.39, 0.29) is 5.75 Å². The number of fused-ring (bicyclic) bond motifs is 1. The highest BCUT2D eigenvalue weighted by Gasteiger charge is 2.16. The highest BCUT2D eigenvalue weighted by atomic mass is 32.2. The maximum Gasteiger partial charge on any atom is 0.387 e. The van der Waals surface area contributed by atoms with Crippen LogP contribution in [0.15, 0.2) is 72.0 Å². The molecule has 0 radical (unpaired) electrons. The van der Waals surface area contributed by atoms with E-state index in [1.54, 1.807) is 16.5 Å². The number of nitrogens with zero attached hydrogens (tertiary/aromatic N) is 4. The van der Waals surface area contributed by atoms with E-state index in [1.165, 1.54) is 24.5 Å². The maximum atomic E-state index is 13.0. The van der Waals surface area contributed by atoms with Crippen LogP contribution in [0.1, 0.15) is 5.56 Å². The molecule has 0 fully saturated rings. The van der Waals surface area contributed by atoms with Crippen LogP contribution >= 0.6 is 0 Å². The van der Waals surface area contributed by atoms with Gasteiger partial charge in [0.15, 0.2) is 11.5 Å². The van der Waals surface area contributed by atoms with E-state index in [0.717, 1.165) is 5.56 Å². The first kappa shape index (κ1) is 19.1. The summed E-state index contributed by atoms with van der Waals surface area (Å²) in [6.07, 6.45) is 3.72. The van der Waals surface area contributed by atoms with Crippen molar-refractivity contribution in [2.24, 2.45) is 0 Å². The summed E-state index contributed by atoms with van der Waals surface area (Å²) in [5.41, 5.74) is 2.18. The Bertz CT molecular complexity index is 1130. The third-order valence-corrected chi connectivity index (χ3v) is 5.60. The average Bonchev–Trinajstić information content (AvgIpc) is 3.17. The Kier molecular flexibility index (Phi) is 5.57. The van der Waals surface area contributed by atoms with Gasteiger partial charge in [0.1, 0.15) is 10.8 Å². The molecule has 0 spiro atoms. The van der Waals surface area contributed by atoms with Gasteiger partial charge in [-0.15, -0.1) is 10.2 Å². The van der Waals surface area contributed by atoms with Gasteiger partial charge in [-0.1, -0.05) is 30.3 Å². The normalized spacial score (nSPS) is 12.4. The van der Waals surface area contributed by atoms with E-state index < -0.39 is 17.4 Å². The maximum absolute atomic E-state index is 13.0. The lowest BCUT2D eigenvalue weighted by Crippen LogP contribution is -2.08. The van der Waals surface area contributed by atoms with Crippen LogP contribution in [0.5, 0.6) is 5.75 Å². The summed E-state index contributed by atoms with van der Waals surface area (Å²) in [6.45, 7) is -2.89. The molecular formula is C20H16F2N4O2S.